The van der Waals surface area contributed by atoms with Crippen LogP contribution in [0.3, 0.4) is 0 Å². The number of anilines is 1. The molecular formula is C27H28N3O3S+. The van der Waals surface area contributed by atoms with Crippen molar-refractivity contribution in [2.24, 2.45) is 0 Å². The second kappa shape index (κ2) is 11.5. The van der Waals surface area contributed by atoms with Crippen LogP contribution in [0.4, 0.5) is 5.69 Å². The SMILES string of the molecule is CCCCOC(=O)c1ccc(NC(=O)CSc2[nH]c3ccccc3[n+]2Cc2ccccc2)cc1. The number of thioether (sulfide) groups is 1. The van der Waals surface area contributed by atoms with Crippen LogP contribution in [-0.2, 0) is 16.1 Å². The third-order valence-electron chi connectivity index (χ3n) is 5.34. The fourth-order valence-electron chi connectivity index (χ4n) is 3.56. The van der Waals surface area contributed by atoms with E-state index in [-0.39, 0.29) is 17.6 Å². The average Bonchev–Trinajstić information content (AvgIpc) is 3.21. The number of hydrogen-bond acceptors (Lipinski definition) is 4. The highest BCUT2D eigenvalue weighted by atomic mass is 32.2. The van der Waals surface area contributed by atoms with Gasteiger partial charge in [0.1, 0.15) is 6.54 Å². The van der Waals surface area contributed by atoms with E-state index in [4.69, 9.17) is 4.74 Å². The maximum absolute atomic E-state index is 12.6. The van der Waals surface area contributed by atoms with Crippen molar-refractivity contribution in [2.75, 3.05) is 17.7 Å². The topological polar surface area (TPSA) is 75.1 Å². The van der Waals surface area contributed by atoms with Crippen molar-refractivity contribution < 1.29 is 18.9 Å². The largest absolute Gasteiger partial charge is 0.462 e. The van der Waals surface area contributed by atoms with E-state index in [0.717, 1.165) is 29.0 Å². The first kappa shape index (κ1) is 23.6. The lowest BCUT2D eigenvalue weighted by molar-refractivity contribution is -0.700. The predicted octanol–water partition coefficient (Wildman–Crippen LogP) is 5.19. The van der Waals surface area contributed by atoms with Gasteiger partial charge in [-0.3, -0.25) is 4.79 Å². The van der Waals surface area contributed by atoms with Crippen LogP contribution in [0, 0.1) is 0 Å². The quantitative estimate of drug-likeness (QED) is 0.144. The number of carbonyl (C=O) groups is 2. The molecule has 4 aromatic rings. The highest BCUT2D eigenvalue weighted by Gasteiger charge is 2.20. The van der Waals surface area contributed by atoms with Crippen molar-refractivity contribution in [1.82, 2.24) is 4.98 Å². The van der Waals surface area contributed by atoms with Crippen molar-refractivity contribution in [2.45, 2.75) is 31.5 Å². The molecule has 0 radical (unpaired) electrons. The molecule has 6 nitrogen and oxygen atoms in total. The Morgan fingerprint density at radius 2 is 1.71 bits per heavy atom. The minimum atomic E-state index is -0.344. The summed E-state index contributed by atoms with van der Waals surface area (Å²) in [6, 6.07) is 25.2. The average molecular weight is 475 g/mol. The molecule has 1 aromatic heterocycles. The number of ether oxygens (including phenoxy) is 1. The van der Waals surface area contributed by atoms with E-state index in [1.54, 1.807) is 24.3 Å². The Hall–Kier alpha value is -3.58. The lowest BCUT2D eigenvalue weighted by Gasteiger charge is -2.07. The van der Waals surface area contributed by atoms with Crippen LogP contribution in [0.2, 0.25) is 0 Å². The molecule has 7 heteroatoms. The number of amides is 1. The number of unbranched alkanes of at least 4 members (excludes halogenated alkanes) is 1. The number of imidazole rings is 1. The van der Waals surface area contributed by atoms with E-state index in [0.29, 0.717) is 24.4 Å². The summed E-state index contributed by atoms with van der Waals surface area (Å²) in [6.45, 7) is 3.18. The van der Waals surface area contributed by atoms with E-state index in [1.807, 2.05) is 43.3 Å². The number of esters is 1. The van der Waals surface area contributed by atoms with Gasteiger partial charge in [-0.05, 0) is 60.1 Å². The van der Waals surface area contributed by atoms with Crippen LogP contribution in [0.15, 0.2) is 84.0 Å². The molecule has 0 atom stereocenters. The fourth-order valence-corrected chi connectivity index (χ4v) is 4.40. The molecule has 2 N–H and O–H groups in total. The van der Waals surface area contributed by atoms with Crippen LogP contribution < -0.4 is 9.88 Å². The van der Waals surface area contributed by atoms with Crippen LogP contribution in [0.1, 0.15) is 35.7 Å². The van der Waals surface area contributed by atoms with Gasteiger partial charge in [-0.15, -0.1) is 0 Å². The van der Waals surface area contributed by atoms with E-state index in [1.165, 1.54) is 17.3 Å². The van der Waals surface area contributed by atoms with Crippen molar-refractivity contribution in [1.29, 1.82) is 0 Å². The van der Waals surface area contributed by atoms with Gasteiger partial charge >= 0.3 is 11.1 Å². The summed E-state index contributed by atoms with van der Waals surface area (Å²) >= 11 is 1.46. The highest BCUT2D eigenvalue weighted by molar-refractivity contribution is 7.99. The Bertz CT molecular complexity index is 1250. The number of rotatable bonds is 10. The minimum Gasteiger partial charge on any atom is -0.462 e. The van der Waals surface area contributed by atoms with Crippen molar-refractivity contribution in [3.8, 4) is 0 Å². The van der Waals surface area contributed by atoms with Gasteiger partial charge in [0.2, 0.25) is 5.91 Å². The Balaban J connectivity index is 1.39. The number of fused-ring (bicyclic) bond motifs is 1. The fraction of sp³-hybridized carbons (Fsp3) is 0.222. The number of aromatic nitrogens is 2. The minimum absolute atomic E-state index is 0.117. The Labute approximate surface area is 203 Å². The molecule has 0 spiro atoms. The zero-order valence-corrected chi connectivity index (χ0v) is 19.9. The molecule has 0 fully saturated rings. The normalized spacial score (nSPS) is 10.9. The molecule has 1 heterocycles. The van der Waals surface area contributed by atoms with E-state index >= 15 is 0 Å². The molecule has 4 rings (SSSR count). The van der Waals surface area contributed by atoms with Crippen LogP contribution in [-0.4, -0.2) is 29.2 Å². The van der Waals surface area contributed by atoms with E-state index < -0.39 is 0 Å². The second-order valence-electron chi connectivity index (χ2n) is 7.92. The van der Waals surface area contributed by atoms with Crippen molar-refractivity contribution in [3.63, 3.8) is 0 Å². The van der Waals surface area contributed by atoms with Crippen LogP contribution >= 0.6 is 11.8 Å². The van der Waals surface area contributed by atoms with Crippen LogP contribution in [0.5, 0.6) is 0 Å². The molecule has 0 saturated carbocycles. The van der Waals surface area contributed by atoms with Gasteiger partial charge in [0.15, 0.2) is 11.0 Å². The number of nitrogens with zero attached hydrogens (tertiary/aromatic N) is 1. The number of H-pyrrole nitrogens is 1. The lowest BCUT2D eigenvalue weighted by atomic mass is 10.2. The summed E-state index contributed by atoms with van der Waals surface area (Å²) in [7, 11) is 0. The summed E-state index contributed by atoms with van der Waals surface area (Å²) < 4.78 is 7.42. The lowest BCUT2D eigenvalue weighted by Crippen LogP contribution is -2.35. The van der Waals surface area contributed by atoms with Gasteiger partial charge in [-0.2, -0.15) is 0 Å². The summed E-state index contributed by atoms with van der Waals surface area (Å²) in [5.74, 6) is -0.209. The Morgan fingerprint density at radius 1 is 0.971 bits per heavy atom. The molecule has 0 unspecified atom stereocenters. The van der Waals surface area contributed by atoms with Gasteiger partial charge in [0, 0.05) is 5.69 Å². The summed E-state index contributed by atoms with van der Waals surface area (Å²) in [5, 5.41) is 3.82. The molecule has 1 amide bonds. The molecule has 34 heavy (non-hydrogen) atoms. The highest BCUT2D eigenvalue weighted by Crippen LogP contribution is 2.19. The molecule has 0 bridgehead atoms. The molecule has 0 aliphatic carbocycles. The Kier molecular flexibility index (Phi) is 7.99. The third-order valence-corrected chi connectivity index (χ3v) is 6.34. The molecule has 0 saturated heterocycles. The van der Waals surface area contributed by atoms with Gasteiger partial charge in [0.25, 0.3) is 0 Å². The van der Waals surface area contributed by atoms with Crippen molar-refractivity contribution in [3.05, 3.63) is 90.0 Å². The van der Waals surface area contributed by atoms with E-state index in [9.17, 15) is 9.59 Å². The van der Waals surface area contributed by atoms with Crippen LogP contribution in [0.25, 0.3) is 11.0 Å². The van der Waals surface area contributed by atoms with Crippen molar-refractivity contribution >= 4 is 40.4 Å². The van der Waals surface area contributed by atoms with Gasteiger partial charge in [-0.1, -0.05) is 55.8 Å². The van der Waals surface area contributed by atoms with Gasteiger partial charge in [-0.25, -0.2) is 14.3 Å². The standard InChI is InChI=1S/C27H27N3O3S/c1-2-3-17-33-26(32)21-13-15-22(16-14-21)28-25(31)19-34-27-29-23-11-7-8-12-24(23)30(27)18-20-9-5-4-6-10-20/h4-16H,2-3,17-19H2,1H3,(H,28,31,32)/p+1. The first-order valence-electron chi connectivity index (χ1n) is 11.4. The van der Waals surface area contributed by atoms with Gasteiger partial charge in [0.05, 0.1) is 17.9 Å². The number of nitrogens with one attached hydrogen (secondary N) is 2. The first-order valence-corrected chi connectivity index (χ1v) is 12.4. The smallest absolute Gasteiger partial charge is 0.338 e. The maximum Gasteiger partial charge on any atom is 0.338 e. The maximum atomic E-state index is 12.6. The number of para-hydroxylation sites is 2. The van der Waals surface area contributed by atoms with E-state index in [2.05, 4.69) is 33.1 Å². The first-order chi connectivity index (χ1) is 16.6. The predicted molar refractivity (Wildman–Crippen MR) is 135 cm³/mol. The number of hydrogen-bond donors (Lipinski definition) is 2. The number of benzene rings is 3. The molecule has 174 valence electrons. The number of aromatic amines is 1. The second-order valence-corrected chi connectivity index (χ2v) is 8.89. The monoisotopic (exact) mass is 474 g/mol. The number of carbonyl (C=O) groups excluding carboxylic acids is 2. The molecule has 3 aromatic carbocycles. The summed E-state index contributed by atoms with van der Waals surface area (Å²) in [4.78, 5) is 28.1. The summed E-state index contributed by atoms with van der Waals surface area (Å²) in [5.41, 5.74) is 4.43. The Morgan fingerprint density at radius 3 is 2.47 bits per heavy atom. The molecule has 0 aliphatic heterocycles. The van der Waals surface area contributed by atoms with Gasteiger partial charge < -0.3 is 10.1 Å². The molecular weight excluding hydrogens is 446 g/mol. The zero-order valence-electron chi connectivity index (χ0n) is 19.1. The molecule has 0 aliphatic rings. The zero-order chi connectivity index (χ0) is 23.8. The third kappa shape index (κ3) is 6.05. The summed E-state index contributed by atoms with van der Waals surface area (Å²) in [6.07, 6.45) is 1.82.